The number of benzene rings is 1. The van der Waals surface area contributed by atoms with Gasteiger partial charge in [-0.25, -0.2) is 13.1 Å². The molecule has 1 aliphatic carbocycles. The van der Waals surface area contributed by atoms with Crippen LogP contribution in [0, 0.1) is 11.8 Å². The molecule has 1 aromatic rings. The SMILES string of the molecule is CC1CCC(NS(=O)(=O)c2ccc(Br)c(N)c2)C1C. The monoisotopic (exact) mass is 346 g/mol. The number of anilines is 1. The third kappa shape index (κ3) is 3.12. The Kier molecular flexibility index (Phi) is 4.23. The van der Waals surface area contributed by atoms with Crippen LogP contribution in [0.5, 0.6) is 0 Å². The fourth-order valence-corrected chi connectivity index (χ4v) is 4.13. The summed E-state index contributed by atoms with van der Waals surface area (Å²) in [5.41, 5.74) is 6.16. The van der Waals surface area contributed by atoms with Crippen LogP contribution in [0.25, 0.3) is 0 Å². The fraction of sp³-hybridized carbons (Fsp3) is 0.538. The molecular weight excluding hydrogens is 328 g/mol. The largest absolute Gasteiger partial charge is 0.398 e. The van der Waals surface area contributed by atoms with Crippen molar-refractivity contribution in [1.29, 1.82) is 0 Å². The summed E-state index contributed by atoms with van der Waals surface area (Å²) in [6, 6.07) is 4.72. The maximum atomic E-state index is 12.3. The zero-order chi connectivity index (χ0) is 14.2. The second kappa shape index (κ2) is 5.42. The topological polar surface area (TPSA) is 72.2 Å². The zero-order valence-electron chi connectivity index (χ0n) is 11.1. The second-order valence-corrected chi connectivity index (χ2v) is 7.89. The minimum Gasteiger partial charge on any atom is -0.398 e. The first kappa shape index (κ1) is 14.8. The van der Waals surface area contributed by atoms with Crippen LogP contribution >= 0.6 is 15.9 Å². The van der Waals surface area contributed by atoms with Crippen molar-refractivity contribution >= 4 is 31.6 Å². The van der Waals surface area contributed by atoms with Crippen molar-refractivity contribution in [3.05, 3.63) is 22.7 Å². The van der Waals surface area contributed by atoms with Gasteiger partial charge in [-0.2, -0.15) is 0 Å². The van der Waals surface area contributed by atoms with Gasteiger partial charge in [0.15, 0.2) is 0 Å². The number of rotatable bonds is 3. The number of hydrogen-bond acceptors (Lipinski definition) is 3. The van der Waals surface area contributed by atoms with Crippen LogP contribution in [-0.4, -0.2) is 14.5 Å². The van der Waals surface area contributed by atoms with Gasteiger partial charge in [-0.05, 0) is 58.8 Å². The minimum absolute atomic E-state index is 0.0184. The smallest absolute Gasteiger partial charge is 0.240 e. The van der Waals surface area contributed by atoms with E-state index >= 15 is 0 Å². The maximum Gasteiger partial charge on any atom is 0.240 e. The molecule has 106 valence electrons. The summed E-state index contributed by atoms with van der Waals surface area (Å²) in [4.78, 5) is 0.222. The Morgan fingerprint density at radius 3 is 2.53 bits per heavy atom. The van der Waals surface area contributed by atoms with Gasteiger partial charge in [-0.15, -0.1) is 0 Å². The van der Waals surface area contributed by atoms with Crippen LogP contribution in [0.4, 0.5) is 5.69 Å². The molecule has 0 aliphatic heterocycles. The van der Waals surface area contributed by atoms with Gasteiger partial charge in [0.25, 0.3) is 0 Å². The molecule has 3 N–H and O–H groups in total. The number of sulfonamides is 1. The molecule has 2 rings (SSSR count). The summed E-state index contributed by atoms with van der Waals surface area (Å²) in [7, 11) is -3.49. The van der Waals surface area contributed by atoms with Crippen LogP contribution in [0.15, 0.2) is 27.6 Å². The summed E-state index contributed by atoms with van der Waals surface area (Å²) in [5, 5.41) is 0. The second-order valence-electron chi connectivity index (χ2n) is 5.32. The van der Waals surface area contributed by atoms with Crippen molar-refractivity contribution in [1.82, 2.24) is 4.72 Å². The summed E-state index contributed by atoms with van der Waals surface area (Å²) < 4.78 is 28.1. The standard InChI is InChI=1S/C13H19BrN2O2S/c1-8-3-6-13(9(8)2)16-19(17,18)10-4-5-11(14)12(15)7-10/h4-5,7-9,13,16H,3,6,15H2,1-2H3. The van der Waals surface area contributed by atoms with Crippen LogP contribution in [0.2, 0.25) is 0 Å². The molecule has 0 bridgehead atoms. The molecule has 19 heavy (non-hydrogen) atoms. The predicted molar refractivity (Wildman–Crippen MR) is 80.2 cm³/mol. The lowest BCUT2D eigenvalue weighted by Crippen LogP contribution is -2.37. The van der Waals surface area contributed by atoms with E-state index in [2.05, 4.69) is 34.5 Å². The lowest BCUT2D eigenvalue weighted by molar-refractivity contribution is 0.402. The van der Waals surface area contributed by atoms with Crippen LogP contribution in [0.1, 0.15) is 26.7 Å². The molecule has 0 spiro atoms. The highest BCUT2D eigenvalue weighted by atomic mass is 79.9. The number of halogens is 1. The summed E-state index contributed by atoms with van der Waals surface area (Å²) in [6.07, 6.45) is 1.96. The molecule has 0 saturated heterocycles. The van der Waals surface area contributed by atoms with Crippen molar-refractivity contribution in [2.45, 2.75) is 37.6 Å². The third-order valence-electron chi connectivity index (χ3n) is 4.05. The van der Waals surface area contributed by atoms with Crippen LogP contribution in [-0.2, 0) is 10.0 Å². The molecule has 6 heteroatoms. The third-order valence-corrected chi connectivity index (χ3v) is 6.26. The van der Waals surface area contributed by atoms with Gasteiger partial charge in [-0.3, -0.25) is 0 Å². The van der Waals surface area contributed by atoms with E-state index in [0.717, 1.165) is 12.8 Å². The first-order valence-electron chi connectivity index (χ1n) is 6.38. The number of nitrogens with one attached hydrogen (secondary N) is 1. The highest BCUT2D eigenvalue weighted by molar-refractivity contribution is 9.10. The first-order valence-corrected chi connectivity index (χ1v) is 8.66. The average molecular weight is 347 g/mol. The molecule has 4 nitrogen and oxygen atoms in total. The summed E-state index contributed by atoms with van der Waals surface area (Å²) in [6.45, 7) is 4.26. The van der Waals surface area contributed by atoms with E-state index < -0.39 is 10.0 Å². The Balaban J connectivity index is 2.21. The average Bonchev–Trinajstić information content (AvgIpc) is 2.64. The van der Waals surface area contributed by atoms with E-state index in [4.69, 9.17) is 5.73 Å². The van der Waals surface area contributed by atoms with E-state index in [1.807, 2.05) is 0 Å². The van der Waals surface area contributed by atoms with Crippen LogP contribution in [0.3, 0.4) is 0 Å². The van der Waals surface area contributed by atoms with Crippen molar-refractivity contribution in [3.8, 4) is 0 Å². The van der Waals surface area contributed by atoms with Gasteiger partial charge in [0, 0.05) is 16.2 Å². The van der Waals surface area contributed by atoms with Gasteiger partial charge < -0.3 is 5.73 Å². The molecule has 1 aliphatic rings. The molecule has 3 unspecified atom stereocenters. The summed E-state index contributed by atoms with van der Waals surface area (Å²) >= 11 is 3.26. The Bertz CT molecular complexity index is 574. The quantitative estimate of drug-likeness (QED) is 0.826. The Labute approximate surface area is 122 Å². The molecule has 0 aromatic heterocycles. The normalized spacial score (nSPS) is 27.6. The molecule has 0 radical (unpaired) electrons. The van der Waals surface area contributed by atoms with Gasteiger partial charge in [0.2, 0.25) is 10.0 Å². The molecule has 1 saturated carbocycles. The van der Waals surface area contributed by atoms with Gasteiger partial charge in [-0.1, -0.05) is 13.8 Å². The Morgan fingerprint density at radius 2 is 2.00 bits per heavy atom. The van der Waals surface area contributed by atoms with Crippen molar-refractivity contribution in [2.24, 2.45) is 11.8 Å². The van der Waals surface area contributed by atoms with E-state index in [0.29, 0.717) is 22.0 Å². The number of hydrogen-bond donors (Lipinski definition) is 2. The molecule has 0 amide bonds. The Hall–Kier alpha value is -0.590. The van der Waals surface area contributed by atoms with Crippen molar-refractivity contribution in [2.75, 3.05) is 5.73 Å². The van der Waals surface area contributed by atoms with Gasteiger partial charge >= 0.3 is 0 Å². The van der Waals surface area contributed by atoms with Gasteiger partial charge in [0.1, 0.15) is 0 Å². The first-order chi connectivity index (χ1) is 8.81. The number of nitrogen functional groups attached to an aromatic ring is 1. The van der Waals surface area contributed by atoms with E-state index in [9.17, 15) is 8.42 Å². The van der Waals surface area contributed by atoms with Gasteiger partial charge in [0.05, 0.1) is 4.90 Å². The van der Waals surface area contributed by atoms with E-state index in [1.54, 1.807) is 12.1 Å². The van der Waals surface area contributed by atoms with Crippen LogP contribution < -0.4 is 10.5 Å². The van der Waals surface area contributed by atoms with Crippen molar-refractivity contribution < 1.29 is 8.42 Å². The van der Waals surface area contributed by atoms with E-state index in [1.165, 1.54) is 6.07 Å². The lowest BCUT2D eigenvalue weighted by atomic mass is 9.98. The predicted octanol–water partition coefficient (Wildman–Crippen LogP) is 2.74. The molecule has 1 fully saturated rings. The molecular formula is C13H19BrN2O2S. The minimum atomic E-state index is -3.49. The highest BCUT2D eigenvalue weighted by Crippen LogP contribution is 2.32. The number of nitrogens with two attached hydrogens (primary N) is 1. The maximum absolute atomic E-state index is 12.3. The Morgan fingerprint density at radius 1 is 1.32 bits per heavy atom. The van der Waals surface area contributed by atoms with Crippen molar-refractivity contribution in [3.63, 3.8) is 0 Å². The molecule has 0 heterocycles. The molecule has 3 atom stereocenters. The summed E-state index contributed by atoms with van der Waals surface area (Å²) in [5.74, 6) is 0.922. The fourth-order valence-electron chi connectivity index (χ4n) is 2.49. The molecule has 1 aromatic carbocycles. The zero-order valence-corrected chi connectivity index (χ0v) is 13.5. The highest BCUT2D eigenvalue weighted by Gasteiger charge is 2.33. The lowest BCUT2D eigenvalue weighted by Gasteiger charge is -2.19. The van der Waals surface area contributed by atoms with E-state index in [-0.39, 0.29) is 10.9 Å².